The average molecular weight is 274 g/mol. The van der Waals surface area contributed by atoms with Crippen LogP contribution < -0.4 is 0 Å². The van der Waals surface area contributed by atoms with Crippen LogP contribution in [-0.4, -0.2) is 34.6 Å². The second-order valence-electron chi connectivity index (χ2n) is 4.76. The van der Waals surface area contributed by atoms with Crippen LogP contribution in [0.5, 0.6) is 0 Å². The van der Waals surface area contributed by atoms with Crippen molar-refractivity contribution >= 4 is 17.3 Å². The van der Waals surface area contributed by atoms with E-state index >= 15 is 0 Å². The molecular weight excluding hydrogens is 260 g/mol. The van der Waals surface area contributed by atoms with E-state index in [-0.39, 0.29) is 0 Å². The first-order valence-electron chi connectivity index (χ1n) is 6.14. The van der Waals surface area contributed by atoms with Crippen LogP contribution in [0.25, 0.3) is 10.6 Å². The van der Waals surface area contributed by atoms with E-state index in [0.29, 0.717) is 5.56 Å². The van der Waals surface area contributed by atoms with Crippen LogP contribution >= 0.6 is 11.3 Å². The summed E-state index contributed by atoms with van der Waals surface area (Å²) < 4.78 is 0. The van der Waals surface area contributed by atoms with Crippen LogP contribution in [0.1, 0.15) is 20.9 Å². The van der Waals surface area contributed by atoms with Gasteiger partial charge in [-0.3, -0.25) is 0 Å². The molecule has 0 bridgehead atoms. The third-order valence-corrected chi connectivity index (χ3v) is 4.41. The Balaban J connectivity index is 1.99. The number of benzene rings is 1. The van der Waals surface area contributed by atoms with Gasteiger partial charge in [0, 0.05) is 30.0 Å². The molecule has 5 heteroatoms. The fourth-order valence-corrected chi connectivity index (χ4v) is 3.42. The summed E-state index contributed by atoms with van der Waals surface area (Å²) in [7, 11) is 2.10. The van der Waals surface area contributed by atoms with Crippen molar-refractivity contribution in [3.8, 4) is 10.6 Å². The van der Waals surface area contributed by atoms with Gasteiger partial charge in [-0.2, -0.15) is 0 Å². The predicted molar refractivity (Wildman–Crippen MR) is 74.5 cm³/mol. The summed E-state index contributed by atoms with van der Waals surface area (Å²) in [5, 5.41) is 9.95. The molecule has 0 saturated carbocycles. The van der Waals surface area contributed by atoms with Gasteiger partial charge in [-0.25, -0.2) is 9.78 Å². The zero-order chi connectivity index (χ0) is 13.4. The third-order valence-electron chi connectivity index (χ3n) is 3.28. The van der Waals surface area contributed by atoms with Crippen molar-refractivity contribution in [2.75, 3.05) is 13.6 Å². The Kier molecular flexibility index (Phi) is 3.08. The molecule has 2 heterocycles. The summed E-state index contributed by atoms with van der Waals surface area (Å²) in [4.78, 5) is 19.2. The maximum atomic E-state index is 11.0. The van der Waals surface area contributed by atoms with Crippen molar-refractivity contribution in [2.45, 2.75) is 13.0 Å². The van der Waals surface area contributed by atoms with Crippen LogP contribution in [0.4, 0.5) is 0 Å². The summed E-state index contributed by atoms with van der Waals surface area (Å²) in [6, 6.07) is 6.98. The Morgan fingerprint density at radius 3 is 3.11 bits per heavy atom. The topological polar surface area (TPSA) is 53.4 Å². The average Bonchev–Trinajstić information content (AvgIpc) is 2.81. The van der Waals surface area contributed by atoms with Crippen molar-refractivity contribution in [1.29, 1.82) is 0 Å². The molecule has 0 radical (unpaired) electrons. The molecule has 98 valence electrons. The highest BCUT2D eigenvalue weighted by Gasteiger charge is 2.19. The van der Waals surface area contributed by atoms with Crippen molar-refractivity contribution in [2.24, 2.45) is 0 Å². The Labute approximate surface area is 115 Å². The fourth-order valence-electron chi connectivity index (χ4n) is 2.23. The lowest BCUT2D eigenvalue weighted by atomic mass is 10.1. The number of likely N-dealkylation sites (N-methyl/N-ethyl adjacent to an activating group) is 1. The highest BCUT2D eigenvalue weighted by Crippen LogP contribution is 2.31. The standard InChI is InChI=1S/C14H14N2O2S/c1-16-6-5-11-12(8-16)19-13(15-11)9-3-2-4-10(7-9)14(17)18/h2-4,7H,5-6,8H2,1H3,(H,17,18). The van der Waals surface area contributed by atoms with Crippen LogP contribution in [-0.2, 0) is 13.0 Å². The Bertz CT molecular complexity index is 636. The van der Waals surface area contributed by atoms with Crippen molar-refractivity contribution in [1.82, 2.24) is 9.88 Å². The molecule has 1 aromatic carbocycles. The molecule has 1 aromatic heterocycles. The Morgan fingerprint density at radius 2 is 2.32 bits per heavy atom. The number of carboxylic acids is 1. The van der Waals surface area contributed by atoms with E-state index < -0.39 is 5.97 Å². The number of rotatable bonds is 2. The van der Waals surface area contributed by atoms with Gasteiger partial charge in [-0.05, 0) is 19.2 Å². The molecule has 19 heavy (non-hydrogen) atoms. The van der Waals surface area contributed by atoms with Crippen LogP contribution in [0.2, 0.25) is 0 Å². The van der Waals surface area contributed by atoms with E-state index in [4.69, 9.17) is 5.11 Å². The molecule has 0 spiro atoms. The van der Waals surface area contributed by atoms with Gasteiger partial charge < -0.3 is 10.0 Å². The quantitative estimate of drug-likeness (QED) is 0.914. The summed E-state index contributed by atoms with van der Waals surface area (Å²) in [6.07, 6.45) is 0.973. The van der Waals surface area contributed by atoms with E-state index in [1.165, 1.54) is 10.6 Å². The van der Waals surface area contributed by atoms with Gasteiger partial charge in [-0.15, -0.1) is 11.3 Å². The molecule has 1 aliphatic rings. The van der Waals surface area contributed by atoms with Crippen molar-refractivity contribution in [3.05, 3.63) is 40.4 Å². The summed E-state index contributed by atoms with van der Waals surface area (Å²) in [6.45, 7) is 1.97. The minimum Gasteiger partial charge on any atom is -0.478 e. The zero-order valence-electron chi connectivity index (χ0n) is 10.6. The van der Waals surface area contributed by atoms with Gasteiger partial charge in [0.15, 0.2) is 0 Å². The normalized spacial score (nSPS) is 15.2. The fraction of sp³-hybridized carbons (Fsp3) is 0.286. The summed E-state index contributed by atoms with van der Waals surface area (Å²) in [5.41, 5.74) is 2.36. The summed E-state index contributed by atoms with van der Waals surface area (Å²) >= 11 is 1.67. The smallest absolute Gasteiger partial charge is 0.335 e. The number of carbonyl (C=O) groups is 1. The monoisotopic (exact) mass is 274 g/mol. The molecule has 0 atom stereocenters. The Hall–Kier alpha value is -1.72. The number of carboxylic acid groups (broad SMARTS) is 1. The minimum atomic E-state index is -0.900. The molecule has 1 aliphatic heterocycles. The van der Waals surface area contributed by atoms with Gasteiger partial charge in [0.05, 0.1) is 11.3 Å². The van der Waals surface area contributed by atoms with E-state index in [2.05, 4.69) is 16.9 Å². The Morgan fingerprint density at radius 1 is 1.47 bits per heavy atom. The second-order valence-corrected chi connectivity index (χ2v) is 5.85. The summed E-state index contributed by atoms with van der Waals surface area (Å²) in [5.74, 6) is -0.900. The van der Waals surface area contributed by atoms with E-state index in [1.807, 2.05) is 6.07 Å². The lowest BCUT2D eigenvalue weighted by Crippen LogP contribution is -2.25. The predicted octanol–water partition coefficient (Wildman–Crippen LogP) is 2.50. The number of aromatic nitrogens is 1. The number of hydrogen-bond donors (Lipinski definition) is 1. The van der Waals surface area contributed by atoms with Gasteiger partial charge in [-0.1, -0.05) is 12.1 Å². The molecule has 4 nitrogen and oxygen atoms in total. The molecule has 3 rings (SSSR count). The molecule has 0 fully saturated rings. The molecule has 1 N–H and O–H groups in total. The van der Waals surface area contributed by atoms with Gasteiger partial charge >= 0.3 is 5.97 Å². The maximum absolute atomic E-state index is 11.0. The molecule has 0 amide bonds. The number of thiazole rings is 1. The molecular formula is C14H14N2O2S. The first-order valence-corrected chi connectivity index (χ1v) is 6.96. The first-order chi connectivity index (χ1) is 9.13. The van der Waals surface area contributed by atoms with E-state index in [9.17, 15) is 4.79 Å². The maximum Gasteiger partial charge on any atom is 0.335 e. The van der Waals surface area contributed by atoms with E-state index in [0.717, 1.165) is 30.1 Å². The molecule has 0 saturated heterocycles. The number of nitrogens with zero attached hydrogens (tertiary/aromatic N) is 2. The molecule has 0 aliphatic carbocycles. The lowest BCUT2D eigenvalue weighted by Gasteiger charge is -2.20. The lowest BCUT2D eigenvalue weighted by molar-refractivity contribution is 0.0697. The van der Waals surface area contributed by atoms with Crippen LogP contribution in [0.15, 0.2) is 24.3 Å². The zero-order valence-corrected chi connectivity index (χ0v) is 11.4. The van der Waals surface area contributed by atoms with Gasteiger partial charge in [0.1, 0.15) is 5.01 Å². The van der Waals surface area contributed by atoms with Gasteiger partial charge in [0.25, 0.3) is 0 Å². The van der Waals surface area contributed by atoms with Gasteiger partial charge in [0.2, 0.25) is 0 Å². The largest absolute Gasteiger partial charge is 0.478 e. The molecule has 2 aromatic rings. The number of fused-ring (bicyclic) bond motifs is 1. The number of aromatic carboxylic acids is 1. The van der Waals surface area contributed by atoms with Crippen molar-refractivity contribution in [3.63, 3.8) is 0 Å². The third kappa shape index (κ3) is 2.39. The van der Waals surface area contributed by atoms with E-state index in [1.54, 1.807) is 29.5 Å². The number of hydrogen-bond acceptors (Lipinski definition) is 4. The van der Waals surface area contributed by atoms with Crippen molar-refractivity contribution < 1.29 is 9.90 Å². The van der Waals surface area contributed by atoms with Crippen LogP contribution in [0, 0.1) is 0 Å². The minimum absolute atomic E-state index is 0.308. The first kappa shape index (κ1) is 12.3. The second kappa shape index (κ2) is 4.75. The SMILES string of the molecule is CN1CCc2nc(-c3cccc(C(=O)O)c3)sc2C1. The highest BCUT2D eigenvalue weighted by molar-refractivity contribution is 7.15. The molecule has 0 unspecified atom stereocenters. The highest BCUT2D eigenvalue weighted by atomic mass is 32.1. The van der Waals surface area contributed by atoms with Crippen LogP contribution in [0.3, 0.4) is 0 Å².